The van der Waals surface area contributed by atoms with Gasteiger partial charge in [-0.1, -0.05) is 0 Å². The van der Waals surface area contributed by atoms with E-state index in [-0.39, 0.29) is 5.91 Å². The van der Waals surface area contributed by atoms with Crippen LogP contribution < -0.4 is 0 Å². The summed E-state index contributed by atoms with van der Waals surface area (Å²) in [5, 5.41) is 0. The quantitative estimate of drug-likeness (QED) is 0.858. The molecule has 1 aliphatic rings. The number of hydrogen-bond donors (Lipinski definition) is 0. The van der Waals surface area contributed by atoms with E-state index in [9.17, 15) is 4.79 Å². The maximum absolute atomic E-state index is 12.1. The monoisotopic (exact) mass is 271 g/mol. The van der Waals surface area contributed by atoms with Crippen LogP contribution in [0, 0.1) is 5.92 Å². The molecule has 1 amide bonds. The van der Waals surface area contributed by atoms with Crippen molar-refractivity contribution in [2.24, 2.45) is 5.92 Å². The maximum atomic E-state index is 12.1. The van der Waals surface area contributed by atoms with Gasteiger partial charge in [0, 0.05) is 25.5 Å². The SMILES string of the molecule is O=C(c1cnco1)N1CCC(Cc2ccncc2)CC1. The molecule has 1 fully saturated rings. The maximum Gasteiger partial charge on any atom is 0.291 e. The van der Waals surface area contributed by atoms with E-state index in [1.54, 1.807) is 0 Å². The fourth-order valence-electron chi connectivity index (χ4n) is 2.67. The summed E-state index contributed by atoms with van der Waals surface area (Å²) in [7, 11) is 0. The van der Waals surface area contributed by atoms with Crippen molar-refractivity contribution < 1.29 is 9.21 Å². The first-order valence-electron chi connectivity index (χ1n) is 6.89. The van der Waals surface area contributed by atoms with E-state index in [4.69, 9.17) is 4.42 Å². The van der Waals surface area contributed by atoms with E-state index < -0.39 is 0 Å². The Morgan fingerprint density at radius 1 is 1.25 bits per heavy atom. The molecule has 20 heavy (non-hydrogen) atoms. The largest absolute Gasteiger partial charge is 0.438 e. The predicted octanol–water partition coefficient (Wildman–Crippen LogP) is 2.16. The topological polar surface area (TPSA) is 59.2 Å². The van der Waals surface area contributed by atoms with Gasteiger partial charge in [-0.25, -0.2) is 4.98 Å². The van der Waals surface area contributed by atoms with Crippen LogP contribution in [-0.4, -0.2) is 33.9 Å². The molecule has 0 aliphatic carbocycles. The number of piperidine rings is 1. The summed E-state index contributed by atoms with van der Waals surface area (Å²) < 4.78 is 5.06. The lowest BCUT2D eigenvalue weighted by atomic mass is 9.90. The smallest absolute Gasteiger partial charge is 0.291 e. The second-order valence-corrected chi connectivity index (χ2v) is 5.16. The third kappa shape index (κ3) is 2.87. The molecule has 0 N–H and O–H groups in total. The van der Waals surface area contributed by atoms with Crippen LogP contribution in [0.5, 0.6) is 0 Å². The number of rotatable bonds is 3. The number of aromatic nitrogens is 2. The van der Waals surface area contributed by atoms with Gasteiger partial charge >= 0.3 is 0 Å². The van der Waals surface area contributed by atoms with E-state index in [2.05, 4.69) is 22.1 Å². The first kappa shape index (κ1) is 12.8. The number of likely N-dealkylation sites (tertiary alicyclic amines) is 1. The summed E-state index contributed by atoms with van der Waals surface area (Å²) in [6.07, 6.45) is 9.56. The zero-order valence-corrected chi connectivity index (χ0v) is 11.2. The summed E-state index contributed by atoms with van der Waals surface area (Å²) in [6.45, 7) is 1.57. The van der Waals surface area contributed by atoms with E-state index >= 15 is 0 Å². The van der Waals surface area contributed by atoms with E-state index in [1.165, 1.54) is 18.2 Å². The average molecular weight is 271 g/mol. The van der Waals surface area contributed by atoms with Crippen LogP contribution in [0.15, 0.2) is 41.5 Å². The van der Waals surface area contributed by atoms with Crippen LogP contribution in [0.2, 0.25) is 0 Å². The van der Waals surface area contributed by atoms with Gasteiger partial charge in [-0.15, -0.1) is 0 Å². The van der Waals surface area contributed by atoms with Crippen molar-refractivity contribution in [3.63, 3.8) is 0 Å². The fraction of sp³-hybridized carbons (Fsp3) is 0.400. The standard InChI is InChI=1S/C15H17N3O2/c19-15(14-10-17-11-20-14)18-7-3-13(4-8-18)9-12-1-5-16-6-2-12/h1-2,5-6,10-11,13H,3-4,7-9H2. The van der Waals surface area contributed by atoms with Crippen LogP contribution in [0.3, 0.4) is 0 Å². The van der Waals surface area contributed by atoms with Gasteiger partial charge in [-0.2, -0.15) is 0 Å². The van der Waals surface area contributed by atoms with Gasteiger partial charge in [0.05, 0.1) is 6.20 Å². The second-order valence-electron chi connectivity index (χ2n) is 5.16. The van der Waals surface area contributed by atoms with Crippen LogP contribution in [0.1, 0.15) is 29.0 Å². The molecule has 0 unspecified atom stereocenters. The minimum Gasteiger partial charge on any atom is -0.438 e. The summed E-state index contributed by atoms with van der Waals surface area (Å²) >= 11 is 0. The minimum absolute atomic E-state index is 0.0511. The Hall–Kier alpha value is -2.17. The molecule has 0 saturated carbocycles. The van der Waals surface area contributed by atoms with Crippen molar-refractivity contribution in [2.45, 2.75) is 19.3 Å². The van der Waals surface area contributed by atoms with Crippen LogP contribution in [0.25, 0.3) is 0 Å². The predicted molar refractivity (Wildman–Crippen MR) is 73.1 cm³/mol. The highest BCUT2D eigenvalue weighted by Crippen LogP contribution is 2.22. The molecule has 0 spiro atoms. The zero-order valence-electron chi connectivity index (χ0n) is 11.2. The molecule has 104 valence electrons. The van der Waals surface area contributed by atoms with Crippen molar-refractivity contribution in [2.75, 3.05) is 13.1 Å². The highest BCUT2D eigenvalue weighted by molar-refractivity contribution is 5.91. The van der Waals surface area contributed by atoms with Crippen molar-refractivity contribution in [3.05, 3.63) is 48.4 Å². The Balaban J connectivity index is 1.53. The summed E-state index contributed by atoms with van der Waals surface area (Å²) in [4.78, 5) is 21.8. The molecule has 0 atom stereocenters. The molecule has 0 aromatic carbocycles. The van der Waals surface area contributed by atoms with Gasteiger partial charge in [-0.3, -0.25) is 9.78 Å². The first-order valence-corrected chi connectivity index (χ1v) is 6.89. The summed E-state index contributed by atoms with van der Waals surface area (Å²) in [5.74, 6) is 0.915. The molecule has 5 heteroatoms. The van der Waals surface area contributed by atoms with Crippen molar-refractivity contribution >= 4 is 5.91 Å². The minimum atomic E-state index is -0.0511. The number of pyridine rings is 1. The highest BCUT2D eigenvalue weighted by Gasteiger charge is 2.25. The lowest BCUT2D eigenvalue weighted by Crippen LogP contribution is -2.38. The van der Waals surface area contributed by atoms with Crippen molar-refractivity contribution in [1.82, 2.24) is 14.9 Å². The molecular weight excluding hydrogens is 254 g/mol. The average Bonchev–Trinajstić information content (AvgIpc) is 3.03. The molecule has 2 aromatic heterocycles. The lowest BCUT2D eigenvalue weighted by Gasteiger charge is -2.31. The number of carbonyl (C=O) groups excluding carboxylic acids is 1. The fourth-order valence-corrected chi connectivity index (χ4v) is 2.67. The van der Waals surface area contributed by atoms with Crippen LogP contribution in [0.4, 0.5) is 0 Å². The normalized spacial score (nSPS) is 16.3. The van der Waals surface area contributed by atoms with E-state index in [0.29, 0.717) is 11.7 Å². The number of nitrogens with zero attached hydrogens (tertiary/aromatic N) is 3. The van der Waals surface area contributed by atoms with Crippen LogP contribution >= 0.6 is 0 Å². The Labute approximate surface area is 117 Å². The molecule has 3 heterocycles. The van der Waals surface area contributed by atoms with E-state index in [0.717, 1.165) is 32.4 Å². The Kier molecular flexibility index (Phi) is 3.76. The van der Waals surface area contributed by atoms with Crippen LogP contribution in [-0.2, 0) is 6.42 Å². The molecule has 0 radical (unpaired) electrons. The molecule has 1 saturated heterocycles. The Bertz CT molecular complexity index is 546. The zero-order chi connectivity index (χ0) is 13.8. The second kappa shape index (κ2) is 5.86. The first-order chi connectivity index (χ1) is 9.83. The molecule has 0 bridgehead atoms. The van der Waals surface area contributed by atoms with Gasteiger partial charge in [0.15, 0.2) is 6.39 Å². The Morgan fingerprint density at radius 3 is 2.65 bits per heavy atom. The molecule has 5 nitrogen and oxygen atoms in total. The van der Waals surface area contributed by atoms with Gasteiger partial charge in [0.1, 0.15) is 0 Å². The van der Waals surface area contributed by atoms with E-state index in [1.807, 2.05) is 17.3 Å². The number of amides is 1. The molecule has 2 aromatic rings. The lowest BCUT2D eigenvalue weighted by molar-refractivity contribution is 0.0658. The molecule has 1 aliphatic heterocycles. The number of hydrogen-bond acceptors (Lipinski definition) is 4. The van der Waals surface area contributed by atoms with Crippen molar-refractivity contribution in [3.8, 4) is 0 Å². The van der Waals surface area contributed by atoms with Gasteiger partial charge < -0.3 is 9.32 Å². The van der Waals surface area contributed by atoms with Crippen molar-refractivity contribution in [1.29, 1.82) is 0 Å². The number of oxazole rings is 1. The van der Waals surface area contributed by atoms with Gasteiger partial charge in [0.2, 0.25) is 5.76 Å². The molecular formula is C15H17N3O2. The number of carbonyl (C=O) groups is 1. The highest BCUT2D eigenvalue weighted by atomic mass is 16.3. The molecule has 3 rings (SSSR count). The van der Waals surface area contributed by atoms with Gasteiger partial charge in [0.25, 0.3) is 5.91 Å². The third-order valence-electron chi connectivity index (χ3n) is 3.82. The third-order valence-corrected chi connectivity index (χ3v) is 3.82. The summed E-state index contributed by atoms with van der Waals surface area (Å²) in [5.41, 5.74) is 1.32. The van der Waals surface area contributed by atoms with Gasteiger partial charge in [-0.05, 0) is 42.9 Å². The Morgan fingerprint density at radius 2 is 2.00 bits per heavy atom. The summed E-state index contributed by atoms with van der Waals surface area (Å²) in [6, 6.07) is 4.12.